The number of aryl methyl sites for hydroxylation is 1. The fraction of sp³-hybridized carbons (Fsp3) is 0.417. The molecule has 0 saturated carbocycles. The Morgan fingerprint density at radius 2 is 2.14 bits per heavy atom. The normalized spacial score (nSPS) is 10.2. The van der Waals surface area contributed by atoms with E-state index >= 15 is 0 Å². The lowest BCUT2D eigenvalue weighted by atomic mass is 10.1. The molecule has 2 heteroatoms. The van der Waals surface area contributed by atoms with Crippen LogP contribution < -0.4 is 5.32 Å². The van der Waals surface area contributed by atoms with Crippen LogP contribution in [0, 0.1) is 18.3 Å². The van der Waals surface area contributed by atoms with Crippen LogP contribution in [0.2, 0.25) is 0 Å². The average Bonchev–Trinajstić information content (AvgIpc) is 2.16. The summed E-state index contributed by atoms with van der Waals surface area (Å²) in [5.41, 5.74) is 2.98. The molecule has 0 atom stereocenters. The highest BCUT2D eigenvalue weighted by atomic mass is 14.9. The van der Waals surface area contributed by atoms with Gasteiger partial charge >= 0.3 is 0 Å². The van der Waals surface area contributed by atoms with Gasteiger partial charge in [-0.3, -0.25) is 0 Å². The highest BCUT2D eigenvalue weighted by Crippen LogP contribution is 2.09. The Labute approximate surface area is 85.6 Å². The molecular weight excluding hydrogens is 172 g/mol. The van der Waals surface area contributed by atoms with Gasteiger partial charge in [0.25, 0.3) is 0 Å². The molecule has 1 N–H and O–H groups in total. The summed E-state index contributed by atoms with van der Waals surface area (Å²) in [6.07, 6.45) is 0. The summed E-state index contributed by atoms with van der Waals surface area (Å²) in [6.45, 7) is 7.00. The van der Waals surface area contributed by atoms with E-state index in [-0.39, 0.29) is 0 Å². The number of rotatable bonds is 3. The summed E-state index contributed by atoms with van der Waals surface area (Å²) in [6, 6.07) is 8.68. The maximum Gasteiger partial charge on any atom is 0.0994 e. The maximum atomic E-state index is 8.85. The first-order valence-electron chi connectivity index (χ1n) is 4.86. The van der Waals surface area contributed by atoms with Crippen LogP contribution in [0.3, 0.4) is 0 Å². The summed E-state index contributed by atoms with van der Waals surface area (Å²) in [4.78, 5) is 0. The SMILES string of the molecule is Cc1ccc(CNC(C)C)cc1C#N. The molecular formula is C12H16N2. The minimum Gasteiger partial charge on any atom is -0.310 e. The van der Waals surface area contributed by atoms with Gasteiger partial charge in [-0.25, -0.2) is 0 Å². The van der Waals surface area contributed by atoms with Crippen molar-refractivity contribution in [3.8, 4) is 6.07 Å². The fourth-order valence-corrected chi connectivity index (χ4v) is 1.22. The molecule has 0 aliphatic rings. The molecule has 14 heavy (non-hydrogen) atoms. The monoisotopic (exact) mass is 188 g/mol. The second kappa shape index (κ2) is 4.78. The maximum absolute atomic E-state index is 8.85. The first-order valence-corrected chi connectivity index (χ1v) is 4.86. The van der Waals surface area contributed by atoms with Crippen LogP contribution in [0.25, 0.3) is 0 Å². The molecule has 0 radical (unpaired) electrons. The van der Waals surface area contributed by atoms with Crippen LogP contribution in [0.15, 0.2) is 18.2 Å². The summed E-state index contributed by atoms with van der Waals surface area (Å²) < 4.78 is 0. The van der Waals surface area contributed by atoms with Crippen molar-refractivity contribution in [3.05, 3.63) is 34.9 Å². The van der Waals surface area contributed by atoms with Gasteiger partial charge in [0.15, 0.2) is 0 Å². The van der Waals surface area contributed by atoms with Crippen molar-refractivity contribution in [1.29, 1.82) is 5.26 Å². The Hall–Kier alpha value is -1.33. The van der Waals surface area contributed by atoms with Crippen molar-refractivity contribution >= 4 is 0 Å². The van der Waals surface area contributed by atoms with Gasteiger partial charge in [-0.05, 0) is 24.1 Å². The van der Waals surface area contributed by atoms with E-state index in [0.29, 0.717) is 6.04 Å². The zero-order chi connectivity index (χ0) is 10.6. The van der Waals surface area contributed by atoms with Gasteiger partial charge in [0.05, 0.1) is 11.6 Å². The predicted molar refractivity (Wildman–Crippen MR) is 57.9 cm³/mol. The first-order chi connectivity index (χ1) is 6.63. The molecule has 2 nitrogen and oxygen atoms in total. The Bertz CT molecular complexity index is 348. The lowest BCUT2D eigenvalue weighted by Gasteiger charge is -2.08. The molecule has 74 valence electrons. The van der Waals surface area contributed by atoms with Crippen LogP contribution in [0.5, 0.6) is 0 Å². The molecule has 0 fully saturated rings. The molecule has 1 aromatic rings. The van der Waals surface area contributed by atoms with E-state index in [9.17, 15) is 0 Å². The molecule has 0 heterocycles. The molecule has 1 aromatic carbocycles. The third kappa shape index (κ3) is 2.86. The Kier molecular flexibility index (Phi) is 3.67. The van der Waals surface area contributed by atoms with E-state index in [1.165, 1.54) is 5.56 Å². The highest BCUT2D eigenvalue weighted by Gasteiger charge is 1.99. The van der Waals surface area contributed by atoms with E-state index in [1.54, 1.807) is 0 Å². The minimum absolute atomic E-state index is 0.474. The zero-order valence-electron chi connectivity index (χ0n) is 8.96. The van der Waals surface area contributed by atoms with Crippen LogP contribution in [0.4, 0.5) is 0 Å². The largest absolute Gasteiger partial charge is 0.310 e. The van der Waals surface area contributed by atoms with Crippen molar-refractivity contribution in [2.24, 2.45) is 0 Å². The van der Waals surface area contributed by atoms with E-state index in [4.69, 9.17) is 5.26 Å². The van der Waals surface area contributed by atoms with E-state index in [0.717, 1.165) is 17.7 Å². The number of nitriles is 1. The quantitative estimate of drug-likeness (QED) is 0.790. The van der Waals surface area contributed by atoms with Crippen LogP contribution >= 0.6 is 0 Å². The number of hydrogen-bond donors (Lipinski definition) is 1. The number of nitrogens with one attached hydrogen (secondary N) is 1. The lowest BCUT2D eigenvalue weighted by Crippen LogP contribution is -2.21. The molecule has 0 aliphatic carbocycles. The van der Waals surface area contributed by atoms with E-state index in [1.807, 2.05) is 19.1 Å². The topological polar surface area (TPSA) is 35.8 Å². The van der Waals surface area contributed by atoms with Gasteiger partial charge in [0.1, 0.15) is 0 Å². The second-order valence-corrected chi connectivity index (χ2v) is 3.80. The molecule has 0 unspecified atom stereocenters. The van der Waals surface area contributed by atoms with Gasteiger partial charge in [-0.2, -0.15) is 5.26 Å². The number of benzene rings is 1. The molecule has 0 bridgehead atoms. The van der Waals surface area contributed by atoms with Crippen molar-refractivity contribution < 1.29 is 0 Å². The second-order valence-electron chi connectivity index (χ2n) is 3.80. The predicted octanol–water partition coefficient (Wildman–Crippen LogP) is 2.36. The Morgan fingerprint density at radius 1 is 1.43 bits per heavy atom. The van der Waals surface area contributed by atoms with Gasteiger partial charge in [-0.15, -0.1) is 0 Å². The minimum atomic E-state index is 0.474. The fourth-order valence-electron chi connectivity index (χ4n) is 1.22. The molecule has 0 saturated heterocycles. The lowest BCUT2D eigenvalue weighted by molar-refractivity contribution is 0.589. The van der Waals surface area contributed by atoms with Gasteiger partial charge < -0.3 is 5.32 Å². The molecule has 0 spiro atoms. The average molecular weight is 188 g/mol. The highest BCUT2D eigenvalue weighted by molar-refractivity contribution is 5.39. The zero-order valence-corrected chi connectivity index (χ0v) is 8.96. The summed E-state index contributed by atoms with van der Waals surface area (Å²) in [5, 5.41) is 12.2. The Balaban J connectivity index is 2.76. The number of nitrogens with zero attached hydrogens (tertiary/aromatic N) is 1. The summed E-state index contributed by atoms with van der Waals surface area (Å²) in [5.74, 6) is 0. The van der Waals surface area contributed by atoms with Crippen molar-refractivity contribution in [1.82, 2.24) is 5.32 Å². The summed E-state index contributed by atoms with van der Waals surface area (Å²) in [7, 11) is 0. The van der Waals surface area contributed by atoms with Gasteiger partial charge in [0, 0.05) is 12.6 Å². The van der Waals surface area contributed by atoms with E-state index < -0.39 is 0 Å². The van der Waals surface area contributed by atoms with Gasteiger partial charge in [-0.1, -0.05) is 26.0 Å². The Morgan fingerprint density at radius 3 is 2.71 bits per heavy atom. The smallest absolute Gasteiger partial charge is 0.0994 e. The third-order valence-electron chi connectivity index (χ3n) is 2.14. The van der Waals surface area contributed by atoms with Gasteiger partial charge in [0.2, 0.25) is 0 Å². The van der Waals surface area contributed by atoms with E-state index in [2.05, 4.69) is 31.3 Å². The summed E-state index contributed by atoms with van der Waals surface area (Å²) >= 11 is 0. The third-order valence-corrected chi connectivity index (χ3v) is 2.14. The van der Waals surface area contributed by atoms with Crippen LogP contribution in [-0.4, -0.2) is 6.04 Å². The molecule has 0 aliphatic heterocycles. The van der Waals surface area contributed by atoms with Crippen LogP contribution in [-0.2, 0) is 6.54 Å². The standard InChI is InChI=1S/C12H16N2/c1-9(2)14-8-11-5-4-10(3)12(6-11)7-13/h4-6,9,14H,8H2,1-3H3. The van der Waals surface area contributed by atoms with Crippen molar-refractivity contribution in [2.45, 2.75) is 33.4 Å². The van der Waals surface area contributed by atoms with Crippen LogP contribution in [0.1, 0.15) is 30.5 Å². The van der Waals surface area contributed by atoms with Crippen molar-refractivity contribution in [2.75, 3.05) is 0 Å². The van der Waals surface area contributed by atoms with Crippen molar-refractivity contribution in [3.63, 3.8) is 0 Å². The first kappa shape index (κ1) is 10.7. The molecule has 1 rings (SSSR count). The molecule has 0 aromatic heterocycles. The number of hydrogen-bond acceptors (Lipinski definition) is 2. The molecule has 0 amide bonds.